The van der Waals surface area contributed by atoms with Crippen molar-refractivity contribution in [3.63, 3.8) is 0 Å². The average Bonchev–Trinajstić information content (AvgIpc) is 2.95. The molecule has 2 N–H and O–H groups in total. The number of thiocarbonyl (C=S) groups is 1. The normalized spacial score (nSPS) is 10.7. The molecule has 0 bridgehead atoms. The number of halogens is 3. The Morgan fingerprint density at radius 3 is 2.37 bits per heavy atom. The molecular weight excluding hydrogens is 567 g/mol. The van der Waals surface area contributed by atoms with Crippen LogP contribution in [0.4, 0.5) is 18.9 Å². The predicted molar refractivity (Wildman–Crippen MR) is 178 cm³/mol. The first-order valence-corrected chi connectivity index (χ1v) is 14.1. The molecule has 0 aromatic heterocycles. The van der Waals surface area contributed by atoms with Crippen LogP contribution in [0, 0.1) is 23.1 Å². The van der Waals surface area contributed by atoms with Crippen LogP contribution in [0.3, 0.4) is 0 Å². The fourth-order valence-electron chi connectivity index (χ4n) is 3.49. The van der Waals surface area contributed by atoms with Crippen molar-refractivity contribution < 1.29 is 17.9 Å². The first-order valence-electron chi connectivity index (χ1n) is 13.7. The second-order valence-corrected chi connectivity index (χ2v) is 11.3. The fraction of sp³-hybridized carbons (Fsp3) is 0.286. The Kier molecular flexibility index (Phi) is 14.0. The Bertz CT molecular complexity index is 1440. The van der Waals surface area contributed by atoms with E-state index in [4.69, 9.17) is 17.0 Å². The summed E-state index contributed by atoms with van der Waals surface area (Å²) < 4.78 is 44.3. The maximum atomic E-state index is 14.4. The topological polar surface area (TPSA) is 36.5 Å². The standard InChI is InChI=1S/C24H27F3N2OS.C11H13N/c1-6-17-12-18(8-10-21(17)30-14-22(26)27)29-15(2)19-11-16(7-9-20(19)25)13-28-23(31)24(3,4)5;1-12(2)10-6-9-11-7-4-3-5-8-11/h6-12,22,29H,1-2,13-14H2,3-5H3,(H,28,31);3-5,7-8H,10H2,1-2H3. The molecule has 0 aliphatic rings. The molecule has 43 heavy (non-hydrogen) atoms. The minimum Gasteiger partial charge on any atom is -0.487 e. The largest absolute Gasteiger partial charge is 0.487 e. The van der Waals surface area contributed by atoms with Gasteiger partial charge in [0.15, 0.2) is 0 Å². The van der Waals surface area contributed by atoms with Gasteiger partial charge in [-0.2, -0.15) is 0 Å². The molecule has 0 fully saturated rings. The van der Waals surface area contributed by atoms with Gasteiger partial charge >= 0.3 is 0 Å². The number of nitrogens with zero attached hydrogens (tertiary/aromatic N) is 1. The minimum atomic E-state index is -2.57. The van der Waals surface area contributed by atoms with Crippen molar-refractivity contribution in [3.05, 3.63) is 108 Å². The summed E-state index contributed by atoms with van der Waals surface area (Å²) in [6.07, 6.45) is -1.07. The Hall–Kier alpha value is -4.06. The van der Waals surface area contributed by atoms with Crippen LogP contribution >= 0.6 is 12.2 Å². The van der Waals surface area contributed by atoms with Crippen molar-refractivity contribution in [1.82, 2.24) is 10.2 Å². The van der Waals surface area contributed by atoms with E-state index in [0.29, 0.717) is 34.8 Å². The first kappa shape index (κ1) is 35.1. The third-order valence-corrected chi connectivity index (χ3v) is 6.54. The molecule has 0 atom stereocenters. The Labute approximate surface area is 259 Å². The average molecular weight is 608 g/mol. The van der Waals surface area contributed by atoms with Gasteiger partial charge in [-0.25, -0.2) is 13.2 Å². The van der Waals surface area contributed by atoms with Gasteiger partial charge in [-0.3, -0.25) is 4.90 Å². The van der Waals surface area contributed by atoms with Crippen molar-refractivity contribution in [3.8, 4) is 17.6 Å². The van der Waals surface area contributed by atoms with Crippen LogP contribution in [0.2, 0.25) is 0 Å². The summed E-state index contributed by atoms with van der Waals surface area (Å²) in [5.41, 5.74) is 3.59. The van der Waals surface area contributed by atoms with Crippen LogP contribution in [0.15, 0.2) is 79.9 Å². The maximum absolute atomic E-state index is 14.4. The Balaban J connectivity index is 0.000000448. The second kappa shape index (κ2) is 17.2. The summed E-state index contributed by atoms with van der Waals surface area (Å²) in [5, 5.41) is 6.25. The van der Waals surface area contributed by atoms with E-state index in [1.54, 1.807) is 30.3 Å². The molecule has 3 rings (SSSR count). The summed E-state index contributed by atoms with van der Waals surface area (Å²) in [6.45, 7) is 14.3. The molecule has 3 aromatic carbocycles. The van der Waals surface area contributed by atoms with E-state index >= 15 is 0 Å². The molecule has 3 aromatic rings. The zero-order valence-corrected chi connectivity index (χ0v) is 26.3. The summed E-state index contributed by atoms with van der Waals surface area (Å²) in [4.78, 5) is 2.78. The summed E-state index contributed by atoms with van der Waals surface area (Å²) >= 11 is 5.38. The van der Waals surface area contributed by atoms with Gasteiger partial charge in [0, 0.05) is 40.0 Å². The van der Waals surface area contributed by atoms with Gasteiger partial charge in [0.2, 0.25) is 0 Å². The lowest BCUT2D eigenvalue weighted by molar-refractivity contribution is 0.0818. The molecule has 8 heteroatoms. The summed E-state index contributed by atoms with van der Waals surface area (Å²) in [6, 6.07) is 19.7. The zero-order chi connectivity index (χ0) is 32.0. The van der Waals surface area contributed by atoms with Gasteiger partial charge in [-0.05, 0) is 62.1 Å². The minimum absolute atomic E-state index is 0.155. The molecule has 0 saturated carbocycles. The van der Waals surface area contributed by atoms with Crippen LogP contribution in [0.25, 0.3) is 11.8 Å². The first-order chi connectivity index (χ1) is 20.3. The van der Waals surface area contributed by atoms with E-state index in [-0.39, 0.29) is 5.41 Å². The van der Waals surface area contributed by atoms with Gasteiger partial charge in [0.05, 0.1) is 11.5 Å². The lowest BCUT2D eigenvalue weighted by atomic mass is 9.96. The third-order valence-electron chi connectivity index (χ3n) is 5.78. The second-order valence-electron chi connectivity index (χ2n) is 10.9. The molecule has 0 saturated heterocycles. The highest BCUT2D eigenvalue weighted by molar-refractivity contribution is 7.80. The van der Waals surface area contributed by atoms with Crippen LogP contribution in [-0.4, -0.2) is 43.6 Å². The van der Waals surface area contributed by atoms with Crippen LogP contribution in [-0.2, 0) is 6.54 Å². The highest BCUT2D eigenvalue weighted by Crippen LogP contribution is 2.27. The molecule has 228 valence electrons. The number of hydrogen-bond acceptors (Lipinski definition) is 4. The van der Waals surface area contributed by atoms with Crippen molar-refractivity contribution in [1.29, 1.82) is 0 Å². The Morgan fingerprint density at radius 2 is 1.77 bits per heavy atom. The van der Waals surface area contributed by atoms with Gasteiger partial charge in [0.1, 0.15) is 18.2 Å². The number of hydrogen-bond donors (Lipinski definition) is 2. The molecule has 0 aliphatic carbocycles. The molecule has 0 radical (unpaired) electrons. The van der Waals surface area contributed by atoms with Gasteiger partial charge < -0.3 is 15.4 Å². The lowest BCUT2D eigenvalue weighted by Gasteiger charge is -2.21. The number of benzene rings is 3. The zero-order valence-electron chi connectivity index (χ0n) is 25.4. The highest BCUT2D eigenvalue weighted by atomic mass is 32.1. The number of rotatable bonds is 10. The maximum Gasteiger partial charge on any atom is 0.272 e. The van der Waals surface area contributed by atoms with E-state index in [0.717, 1.165) is 22.7 Å². The fourth-order valence-corrected chi connectivity index (χ4v) is 3.57. The van der Waals surface area contributed by atoms with E-state index in [1.165, 1.54) is 12.1 Å². The van der Waals surface area contributed by atoms with Crippen molar-refractivity contribution >= 4 is 34.7 Å². The van der Waals surface area contributed by atoms with Crippen LogP contribution in [0.1, 0.15) is 43.0 Å². The van der Waals surface area contributed by atoms with Crippen molar-refractivity contribution in [2.75, 3.05) is 32.6 Å². The molecule has 0 amide bonds. The van der Waals surface area contributed by atoms with Gasteiger partial charge in [-0.1, -0.05) is 88.3 Å². The summed E-state index contributed by atoms with van der Waals surface area (Å²) in [7, 11) is 4.03. The van der Waals surface area contributed by atoms with Gasteiger partial charge in [0.25, 0.3) is 6.43 Å². The predicted octanol–water partition coefficient (Wildman–Crippen LogP) is 8.26. The molecule has 0 unspecified atom stereocenters. The van der Waals surface area contributed by atoms with E-state index in [1.807, 2.05) is 65.2 Å². The molecule has 0 heterocycles. The third kappa shape index (κ3) is 12.8. The molecular formula is C35H40F3N3OS. The van der Waals surface area contributed by atoms with Crippen LogP contribution in [0.5, 0.6) is 5.75 Å². The molecule has 0 aliphatic heterocycles. The summed E-state index contributed by atoms with van der Waals surface area (Å²) in [5.74, 6) is 6.04. The highest BCUT2D eigenvalue weighted by Gasteiger charge is 2.17. The number of alkyl halides is 2. The van der Waals surface area contributed by atoms with Crippen LogP contribution < -0.4 is 15.4 Å². The SMILES string of the molecule is C=Cc1cc(NC(=C)c2cc(CNC(=S)C(C)(C)C)ccc2F)ccc1OCC(F)F.CN(C)CC#Cc1ccccc1. The van der Waals surface area contributed by atoms with Gasteiger partial charge in [-0.15, -0.1) is 0 Å². The Morgan fingerprint density at radius 1 is 1.07 bits per heavy atom. The van der Waals surface area contributed by atoms with Crippen molar-refractivity contribution in [2.45, 2.75) is 33.7 Å². The number of anilines is 1. The number of nitrogens with one attached hydrogen (secondary N) is 2. The molecule has 0 spiro atoms. The lowest BCUT2D eigenvalue weighted by Crippen LogP contribution is -2.32. The quantitative estimate of drug-likeness (QED) is 0.179. The van der Waals surface area contributed by atoms with E-state index < -0.39 is 18.8 Å². The van der Waals surface area contributed by atoms with Crippen molar-refractivity contribution in [2.24, 2.45) is 5.41 Å². The number of ether oxygens (including phenoxy) is 1. The monoisotopic (exact) mass is 607 g/mol. The van der Waals surface area contributed by atoms with E-state index in [2.05, 4.69) is 40.5 Å². The van der Waals surface area contributed by atoms with E-state index in [9.17, 15) is 13.2 Å². The molecule has 4 nitrogen and oxygen atoms in total. The smallest absolute Gasteiger partial charge is 0.272 e.